The summed E-state index contributed by atoms with van der Waals surface area (Å²) in [6.45, 7) is 0.480. The van der Waals surface area contributed by atoms with Gasteiger partial charge >= 0.3 is 6.18 Å². The number of nitrogens with two attached hydrogens (primary N) is 1. The molecule has 2 heterocycles. The minimum Gasteiger partial charge on any atom is -0.375 e. The third kappa shape index (κ3) is 3.95. The summed E-state index contributed by atoms with van der Waals surface area (Å²) in [5.41, 5.74) is 6.45. The quantitative estimate of drug-likeness (QED) is 0.802. The third-order valence-corrected chi connectivity index (χ3v) is 4.64. The van der Waals surface area contributed by atoms with Crippen molar-refractivity contribution in [2.24, 2.45) is 0 Å². The van der Waals surface area contributed by atoms with Gasteiger partial charge in [0.25, 0.3) is 0 Å². The largest absolute Gasteiger partial charge is 0.433 e. The van der Waals surface area contributed by atoms with Gasteiger partial charge in [-0.1, -0.05) is 0 Å². The maximum absolute atomic E-state index is 13.2. The van der Waals surface area contributed by atoms with E-state index in [0.29, 0.717) is 43.1 Å². The molecule has 0 aliphatic heterocycles. The summed E-state index contributed by atoms with van der Waals surface area (Å²) in [6, 6.07) is 0. The van der Waals surface area contributed by atoms with Crippen LogP contribution in [0.3, 0.4) is 0 Å². The lowest BCUT2D eigenvalue weighted by molar-refractivity contribution is -0.142. The van der Waals surface area contributed by atoms with E-state index in [2.05, 4.69) is 20.3 Å². The van der Waals surface area contributed by atoms with Gasteiger partial charge in [-0.25, -0.2) is 15.0 Å². The molecule has 1 aliphatic carbocycles. The first-order valence-corrected chi connectivity index (χ1v) is 8.72. The normalized spacial score (nSPS) is 14.5. The molecule has 9 heteroatoms. The fourth-order valence-electron chi connectivity index (χ4n) is 2.81. The SMILES string of the molecule is Nc1nc(CCCNc2nc3c(c(C(F)(F)F)n2)CCCC3)cs1. The van der Waals surface area contributed by atoms with Gasteiger partial charge in [0, 0.05) is 23.2 Å². The Labute approximate surface area is 141 Å². The Bertz CT molecular complexity index is 714. The van der Waals surface area contributed by atoms with Crippen molar-refractivity contribution in [3.05, 3.63) is 28.0 Å². The van der Waals surface area contributed by atoms with E-state index in [9.17, 15) is 13.2 Å². The molecule has 0 amide bonds. The van der Waals surface area contributed by atoms with Crippen molar-refractivity contribution < 1.29 is 13.2 Å². The zero-order chi connectivity index (χ0) is 17.2. The average molecular weight is 357 g/mol. The number of alkyl halides is 3. The summed E-state index contributed by atoms with van der Waals surface area (Å²) in [6.07, 6.45) is -0.430. The highest BCUT2D eigenvalue weighted by Crippen LogP contribution is 2.35. The molecule has 0 bridgehead atoms. The molecule has 0 radical (unpaired) electrons. The lowest BCUT2D eigenvalue weighted by Crippen LogP contribution is -2.20. The average Bonchev–Trinajstić information content (AvgIpc) is 2.95. The van der Waals surface area contributed by atoms with Crippen LogP contribution in [0.4, 0.5) is 24.3 Å². The fraction of sp³-hybridized carbons (Fsp3) is 0.533. The van der Waals surface area contributed by atoms with Crippen molar-refractivity contribution >= 4 is 22.4 Å². The molecule has 3 rings (SSSR count). The van der Waals surface area contributed by atoms with Crippen molar-refractivity contribution in [2.45, 2.75) is 44.7 Å². The molecule has 0 unspecified atom stereocenters. The number of halogens is 3. The van der Waals surface area contributed by atoms with Crippen molar-refractivity contribution in [3.8, 4) is 0 Å². The van der Waals surface area contributed by atoms with Crippen LogP contribution in [0.1, 0.15) is 41.9 Å². The third-order valence-electron chi connectivity index (χ3n) is 3.91. The van der Waals surface area contributed by atoms with Crippen LogP contribution < -0.4 is 11.1 Å². The monoisotopic (exact) mass is 357 g/mol. The van der Waals surface area contributed by atoms with Crippen LogP contribution >= 0.6 is 11.3 Å². The van der Waals surface area contributed by atoms with E-state index in [1.54, 1.807) is 0 Å². The molecule has 0 spiro atoms. The standard InChI is InChI=1S/C15H18F3N5S/c16-15(17,18)12-10-5-1-2-6-11(10)22-14(23-12)20-7-3-4-9-8-24-13(19)21-9/h8H,1-7H2,(H2,19,21)(H,20,22,23). The number of thiazole rings is 1. The van der Waals surface area contributed by atoms with Crippen LogP contribution in [0.25, 0.3) is 0 Å². The number of rotatable bonds is 5. The Balaban J connectivity index is 1.67. The van der Waals surface area contributed by atoms with E-state index < -0.39 is 11.9 Å². The second kappa shape index (κ2) is 6.92. The van der Waals surface area contributed by atoms with Gasteiger partial charge in [-0.3, -0.25) is 0 Å². The summed E-state index contributed by atoms with van der Waals surface area (Å²) in [7, 11) is 0. The number of hydrogen-bond donors (Lipinski definition) is 2. The minimum absolute atomic E-state index is 0.0563. The molecular formula is C15H18F3N5S. The topological polar surface area (TPSA) is 76.7 Å². The second-order valence-electron chi connectivity index (χ2n) is 5.73. The smallest absolute Gasteiger partial charge is 0.375 e. The Kier molecular flexibility index (Phi) is 4.88. The number of nitrogen functional groups attached to an aromatic ring is 1. The number of fused-ring (bicyclic) bond motifs is 1. The summed E-state index contributed by atoms with van der Waals surface area (Å²) in [5.74, 6) is 0.0563. The highest BCUT2D eigenvalue weighted by atomic mass is 32.1. The van der Waals surface area contributed by atoms with Crippen molar-refractivity contribution in [1.29, 1.82) is 0 Å². The fourth-order valence-corrected chi connectivity index (χ4v) is 3.41. The molecule has 0 aromatic carbocycles. The van der Waals surface area contributed by atoms with Gasteiger partial charge < -0.3 is 11.1 Å². The van der Waals surface area contributed by atoms with Crippen LogP contribution in [0.15, 0.2) is 5.38 Å². The molecule has 3 N–H and O–H groups in total. The molecule has 0 saturated carbocycles. The zero-order valence-corrected chi connectivity index (χ0v) is 13.8. The van der Waals surface area contributed by atoms with Gasteiger partial charge in [-0.2, -0.15) is 13.2 Å². The molecule has 2 aromatic rings. The van der Waals surface area contributed by atoms with E-state index in [0.717, 1.165) is 18.5 Å². The Morgan fingerprint density at radius 1 is 1.17 bits per heavy atom. The van der Waals surface area contributed by atoms with Gasteiger partial charge in [0.1, 0.15) is 0 Å². The molecular weight excluding hydrogens is 339 g/mol. The number of nitrogens with zero attached hydrogens (tertiary/aromatic N) is 3. The van der Waals surface area contributed by atoms with E-state index in [-0.39, 0.29) is 11.5 Å². The van der Waals surface area contributed by atoms with E-state index in [4.69, 9.17) is 5.73 Å². The molecule has 0 atom stereocenters. The van der Waals surface area contributed by atoms with Gasteiger partial charge in [0.15, 0.2) is 10.8 Å². The molecule has 130 valence electrons. The molecule has 5 nitrogen and oxygen atoms in total. The summed E-state index contributed by atoms with van der Waals surface area (Å²) in [5, 5.41) is 5.31. The molecule has 0 fully saturated rings. The van der Waals surface area contributed by atoms with E-state index in [1.807, 2.05) is 5.38 Å². The maximum atomic E-state index is 13.2. The van der Waals surface area contributed by atoms with Crippen molar-refractivity contribution in [2.75, 3.05) is 17.6 Å². The van der Waals surface area contributed by atoms with Crippen LogP contribution in [0.5, 0.6) is 0 Å². The van der Waals surface area contributed by atoms with E-state index in [1.165, 1.54) is 11.3 Å². The highest BCUT2D eigenvalue weighted by Gasteiger charge is 2.37. The van der Waals surface area contributed by atoms with Crippen molar-refractivity contribution in [1.82, 2.24) is 15.0 Å². The van der Waals surface area contributed by atoms with Crippen LogP contribution in [0, 0.1) is 0 Å². The lowest BCUT2D eigenvalue weighted by atomic mass is 9.94. The van der Waals surface area contributed by atoms with Crippen LogP contribution in [0.2, 0.25) is 0 Å². The summed E-state index contributed by atoms with van der Waals surface area (Å²) >= 11 is 1.38. The van der Waals surface area contributed by atoms with Gasteiger partial charge in [0.05, 0.1) is 5.69 Å². The number of aryl methyl sites for hydroxylation is 2. The van der Waals surface area contributed by atoms with Gasteiger partial charge in [-0.15, -0.1) is 11.3 Å². The van der Waals surface area contributed by atoms with Gasteiger partial charge in [0.2, 0.25) is 5.95 Å². The number of nitrogens with one attached hydrogen (secondary N) is 1. The zero-order valence-electron chi connectivity index (χ0n) is 13.0. The first-order valence-electron chi connectivity index (χ1n) is 7.84. The second-order valence-corrected chi connectivity index (χ2v) is 6.62. The van der Waals surface area contributed by atoms with Crippen LogP contribution in [-0.2, 0) is 25.4 Å². The van der Waals surface area contributed by atoms with Crippen LogP contribution in [-0.4, -0.2) is 21.5 Å². The predicted octanol–water partition coefficient (Wildman–Crippen LogP) is 3.46. The minimum atomic E-state index is -4.45. The number of hydrogen-bond acceptors (Lipinski definition) is 6. The Morgan fingerprint density at radius 3 is 2.67 bits per heavy atom. The lowest BCUT2D eigenvalue weighted by Gasteiger charge is -2.20. The molecule has 0 saturated heterocycles. The molecule has 24 heavy (non-hydrogen) atoms. The number of anilines is 2. The highest BCUT2D eigenvalue weighted by molar-refractivity contribution is 7.13. The predicted molar refractivity (Wildman–Crippen MR) is 87.0 cm³/mol. The first-order chi connectivity index (χ1) is 11.4. The summed E-state index contributed by atoms with van der Waals surface area (Å²) in [4.78, 5) is 12.2. The maximum Gasteiger partial charge on any atom is 0.433 e. The summed E-state index contributed by atoms with van der Waals surface area (Å²) < 4.78 is 39.7. The van der Waals surface area contributed by atoms with E-state index >= 15 is 0 Å². The molecule has 2 aromatic heterocycles. The van der Waals surface area contributed by atoms with Crippen molar-refractivity contribution in [3.63, 3.8) is 0 Å². The molecule has 1 aliphatic rings. The van der Waals surface area contributed by atoms with Gasteiger partial charge in [-0.05, 0) is 38.5 Å². The Hall–Kier alpha value is -1.90. The number of aromatic nitrogens is 3. The first kappa shape index (κ1) is 16.9. The Morgan fingerprint density at radius 2 is 1.96 bits per heavy atom.